The maximum atomic E-state index is 6.16. The highest BCUT2D eigenvalue weighted by atomic mass is 35.5. The average Bonchev–Trinajstić information content (AvgIpc) is 3.10. The summed E-state index contributed by atoms with van der Waals surface area (Å²) >= 11 is 12.0. The van der Waals surface area contributed by atoms with Crippen LogP contribution in [0, 0.1) is 0 Å². The number of benzene rings is 1. The molecule has 2 atom stereocenters. The Labute approximate surface area is 132 Å². The summed E-state index contributed by atoms with van der Waals surface area (Å²) in [5.41, 5.74) is 0.918. The third-order valence-corrected chi connectivity index (χ3v) is 4.20. The van der Waals surface area contributed by atoms with Crippen LogP contribution < -0.4 is 5.32 Å². The fourth-order valence-electron chi connectivity index (χ4n) is 2.41. The minimum Gasteiger partial charge on any atom is -0.379 e. The lowest BCUT2D eigenvalue weighted by Gasteiger charge is -2.11. The van der Waals surface area contributed by atoms with Gasteiger partial charge in [-0.15, -0.1) is 0 Å². The van der Waals surface area contributed by atoms with Crippen molar-refractivity contribution < 1.29 is 9.26 Å². The van der Waals surface area contributed by atoms with Gasteiger partial charge < -0.3 is 14.6 Å². The Kier molecular flexibility index (Phi) is 4.45. The Morgan fingerprint density at radius 2 is 2.19 bits per heavy atom. The summed E-state index contributed by atoms with van der Waals surface area (Å²) in [4.78, 5) is 4.46. The Morgan fingerprint density at radius 3 is 2.95 bits per heavy atom. The van der Waals surface area contributed by atoms with Gasteiger partial charge in [0.2, 0.25) is 5.89 Å². The number of hydrogen-bond acceptors (Lipinski definition) is 5. The van der Waals surface area contributed by atoms with E-state index in [0.29, 0.717) is 41.4 Å². The van der Waals surface area contributed by atoms with Crippen molar-refractivity contribution in [1.29, 1.82) is 0 Å². The van der Waals surface area contributed by atoms with Crippen LogP contribution in [0.1, 0.15) is 23.2 Å². The molecule has 1 aromatic carbocycles. The first-order valence-corrected chi connectivity index (χ1v) is 7.44. The van der Waals surface area contributed by atoms with Gasteiger partial charge in [0.05, 0.1) is 19.1 Å². The summed E-state index contributed by atoms with van der Waals surface area (Å²) in [7, 11) is 1.90. The molecule has 3 rings (SSSR count). The highest BCUT2D eigenvalue weighted by molar-refractivity contribution is 6.35. The van der Waals surface area contributed by atoms with Crippen molar-refractivity contribution in [3.05, 3.63) is 45.5 Å². The molecule has 1 aromatic heterocycles. The van der Waals surface area contributed by atoms with Crippen LogP contribution >= 0.6 is 23.2 Å². The molecule has 2 heterocycles. The van der Waals surface area contributed by atoms with Crippen LogP contribution in [0.3, 0.4) is 0 Å². The quantitative estimate of drug-likeness (QED) is 0.935. The van der Waals surface area contributed by atoms with E-state index in [-0.39, 0.29) is 12.0 Å². The molecular formula is C14H15Cl2N3O2. The summed E-state index contributed by atoms with van der Waals surface area (Å²) in [6.45, 7) is 1.25. The molecule has 0 saturated carbocycles. The third-order valence-electron chi connectivity index (χ3n) is 3.62. The second-order valence-corrected chi connectivity index (χ2v) is 5.84. The first-order chi connectivity index (χ1) is 10.2. The van der Waals surface area contributed by atoms with Gasteiger partial charge >= 0.3 is 0 Å². The monoisotopic (exact) mass is 327 g/mol. The molecule has 21 heavy (non-hydrogen) atoms. The highest BCUT2D eigenvalue weighted by Crippen LogP contribution is 2.26. The van der Waals surface area contributed by atoms with Crippen molar-refractivity contribution in [2.75, 3.05) is 20.3 Å². The van der Waals surface area contributed by atoms with Crippen molar-refractivity contribution in [2.24, 2.45) is 0 Å². The zero-order chi connectivity index (χ0) is 14.8. The van der Waals surface area contributed by atoms with Crippen LogP contribution in [0.4, 0.5) is 0 Å². The van der Waals surface area contributed by atoms with Gasteiger partial charge in [0.15, 0.2) is 5.82 Å². The van der Waals surface area contributed by atoms with Gasteiger partial charge in [-0.05, 0) is 24.7 Å². The SMILES string of the molecule is CNC1COCC1c1nc(Cc2ccc(Cl)cc2Cl)no1. The van der Waals surface area contributed by atoms with Crippen molar-refractivity contribution in [1.82, 2.24) is 15.5 Å². The number of rotatable bonds is 4. The van der Waals surface area contributed by atoms with Gasteiger partial charge in [-0.2, -0.15) is 4.98 Å². The topological polar surface area (TPSA) is 60.2 Å². The Bertz CT molecular complexity index is 632. The van der Waals surface area contributed by atoms with Crippen molar-refractivity contribution in [3.8, 4) is 0 Å². The average molecular weight is 328 g/mol. The van der Waals surface area contributed by atoms with E-state index in [1.807, 2.05) is 13.1 Å². The van der Waals surface area contributed by atoms with Crippen molar-refractivity contribution >= 4 is 23.2 Å². The molecule has 0 bridgehead atoms. The molecule has 112 valence electrons. The minimum absolute atomic E-state index is 0.0944. The smallest absolute Gasteiger partial charge is 0.233 e. The Morgan fingerprint density at radius 1 is 1.33 bits per heavy atom. The molecule has 1 N–H and O–H groups in total. The third kappa shape index (κ3) is 3.21. The van der Waals surface area contributed by atoms with E-state index in [2.05, 4.69) is 15.5 Å². The van der Waals surface area contributed by atoms with E-state index in [0.717, 1.165) is 5.56 Å². The molecule has 1 fully saturated rings. The number of hydrogen-bond donors (Lipinski definition) is 1. The molecule has 5 nitrogen and oxygen atoms in total. The van der Waals surface area contributed by atoms with Gasteiger partial charge in [-0.1, -0.05) is 34.4 Å². The van der Waals surface area contributed by atoms with Crippen molar-refractivity contribution in [3.63, 3.8) is 0 Å². The second kappa shape index (κ2) is 6.32. The standard InChI is InChI=1S/C14H15Cl2N3O2/c1-17-12-7-20-6-10(12)14-18-13(19-21-14)4-8-2-3-9(15)5-11(8)16/h2-3,5,10,12,17H,4,6-7H2,1H3. The number of ether oxygens (including phenoxy) is 1. The lowest BCUT2D eigenvalue weighted by Crippen LogP contribution is -2.31. The van der Waals surface area contributed by atoms with Gasteiger partial charge in [0, 0.05) is 22.5 Å². The molecule has 7 heteroatoms. The molecule has 1 saturated heterocycles. The number of nitrogens with zero attached hydrogens (tertiary/aromatic N) is 2. The predicted octanol–water partition coefficient (Wildman–Crippen LogP) is 2.67. The molecule has 2 aromatic rings. The molecule has 0 radical (unpaired) electrons. The van der Waals surface area contributed by atoms with Gasteiger partial charge in [-0.3, -0.25) is 0 Å². The zero-order valence-electron chi connectivity index (χ0n) is 11.5. The van der Waals surface area contributed by atoms with Crippen LogP contribution in [-0.4, -0.2) is 36.4 Å². The zero-order valence-corrected chi connectivity index (χ0v) is 13.0. The van der Waals surface area contributed by atoms with E-state index in [1.165, 1.54) is 0 Å². The van der Waals surface area contributed by atoms with Crippen molar-refractivity contribution in [2.45, 2.75) is 18.4 Å². The molecule has 2 unspecified atom stereocenters. The second-order valence-electron chi connectivity index (χ2n) is 5.00. The lowest BCUT2D eigenvalue weighted by atomic mass is 10.0. The van der Waals surface area contributed by atoms with Gasteiger partial charge in [0.1, 0.15) is 0 Å². The number of likely N-dealkylation sites (N-methyl/N-ethyl adjacent to an activating group) is 1. The number of nitrogens with one attached hydrogen (secondary N) is 1. The highest BCUT2D eigenvalue weighted by Gasteiger charge is 2.32. The Balaban J connectivity index is 1.76. The first-order valence-electron chi connectivity index (χ1n) is 6.69. The van der Waals surface area contributed by atoms with Gasteiger partial charge in [-0.25, -0.2) is 0 Å². The van der Waals surface area contributed by atoms with Crippen LogP contribution in [-0.2, 0) is 11.2 Å². The van der Waals surface area contributed by atoms with E-state index >= 15 is 0 Å². The van der Waals surface area contributed by atoms with Crippen LogP contribution in [0.5, 0.6) is 0 Å². The molecule has 0 amide bonds. The predicted molar refractivity (Wildman–Crippen MR) is 80.0 cm³/mol. The molecule has 1 aliphatic heterocycles. The van der Waals surface area contributed by atoms with Crippen LogP contribution in [0.2, 0.25) is 10.0 Å². The largest absolute Gasteiger partial charge is 0.379 e. The summed E-state index contributed by atoms with van der Waals surface area (Å²) < 4.78 is 10.8. The molecule has 0 aliphatic carbocycles. The minimum atomic E-state index is 0.0944. The maximum absolute atomic E-state index is 6.16. The first kappa shape index (κ1) is 14.8. The van der Waals surface area contributed by atoms with Crippen LogP contribution in [0.25, 0.3) is 0 Å². The normalized spacial score (nSPS) is 21.9. The lowest BCUT2D eigenvalue weighted by molar-refractivity contribution is 0.185. The van der Waals surface area contributed by atoms with E-state index in [4.69, 9.17) is 32.5 Å². The fourth-order valence-corrected chi connectivity index (χ4v) is 2.88. The van der Waals surface area contributed by atoms with Gasteiger partial charge in [0.25, 0.3) is 0 Å². The van der Waals surface area contributed by atoms with E-state index < -0.39 is 0 Å². The summed E-state index contributed by atoms with van der Waals surface area (Å²) in [5.74, 6) is 1.31. The van der Waals surface area contributed by atoms with Crippen LogP contribution in [0.15, 0.2) is 22.7 Å². The van der Waals surface area contributed by atoms with E-state index in [1.54, 1.807) is 12.1 Å². The summed E-state index contributed by atoms with van der Waals surface area (Å²) in [5, 5.41) is 8.44. The number of halogens is 2. The molecule has 1 aliphatic rings. The Hall–Kier alpha value is -1.14. The molecule has 0 spiro atoms. The summed E-state index contributed by atoms with van der Waals surface area (Å²) in [6.07, 6.45) is 0.511. The fraction of sp³-hybridized carbons (Fsp3) is 0.429. The maximum Gasteiger partial charge on any atom is 0.233 e. The molecular weight excluding hydrogens is 313 g/mol. The van der Waals surface area contributed by atoms with E-state index in [9.17, 15) is 0 Å². The number of aromatic nitrogens is 2. The summed E-state index contributed by atoms with van der Waals surface area (Å²) in [6, 6.07) is 5.58.